The Morgan fingerprint density at radius 3 is 2.45 bits per heavy atom. The molecule has 2 N–H and O–H groups in total. The van der Waals surface area contributed by atoms with Gasteiger partial charge in [-0.25, -0.2) is 4.79 Å². The van der Waals surface area contributed by atoms with Crippen molar-refractivity contribution < 1.29 is 14.6 Å². The Labute approximate surface area is 136 Å². The van der Waals surface area contributed by atoms with E-state index >= 15 is 0 Å². The van der Waals surface area contributed by atoms with Gasteiger partial charge in [0.2, 0.25) is 0 Å². The molecule has 2 rings (SSSR count). The maximum Gasteiger partial charge on any atom is 0.412 e. The first-order valence-corrected chi connectivity index (χ1v) is 7.79. The van der Waals surface area contributed by atoms with Gasteiger partial charge in [-0.15, -0.1) is 0 Å². The predicted molar refractivity (Wildman–Crippen MR) is 88.5 cm³/mol. The van der Waals surface area contributed by atoms with Crippen molar-refractivity contribution in [2.45, 2.75) is 52.1 Å². The molecule has 1 saturated carbocycles. The molecule has 1 aliphatic rings. The van der Waals surface area contributed by atoms with Crippen LogP contribution in [-0.4, -0.2) is 23.4 Å². The van der Waals surface area contributed by atoms with Crippen LogP contribution in [0.1, 0.15) is 46.6 Å². The van der Waals surface area contributed by atoms with E-state index in [1.807, 2.05) is 12.1 Å². The fraction of sp³-hybridized carbons (Fsp3) is 0.588. The Balaban J connectivity index is 2.24. The SMILES string of the molecule is CC(C)(C)OC(=O)Nc1cc(C2(CO)CC2(C)C)ccc1Cl. The number of ether oxygens (including phenoxy) is 1. The molecule has 1 aromatic carbocycles. The van der Waals surface area contributed by atoms with Crippen LogP contribution in [0.2, 0.25) is 5.02 Å². The Morgan fingerprint density at radius 1 is 1.41 bits per heavy atom. The third-order valence-electron chi connectivity index (χ3n) is 4.34. The molecule has 0 aliphatic heterocycles. The molecule has 0 radical (unpaired) electrons. The van der Waals surface area contributed by atoms with Gasteiger partial charge in [-0.2, -0.15) is 0 Å². The summed E-state index contributed by atoms with van der Waals surface area (Å²) in [5.74, 6) is 0. The molecule has 122 valence electrons. The Bertz CT molecular complexity index is 592. The van der Waals surface area contributed by atoms with Gasteiger partial charge >= 0.3 is 6.09 Å². The molecule has 1 aliphatic carbocycles. The number of amides is 1. The van der Waals surface area contributed by atoms with E-state index in [1.165, 1.54) is 0 Å². The van der Waals surface area contributed by atoms with Crippen LogP contribution in [-0.2, 0) is 10.2 Å². The second-order valence-corrected chi connectivity index (χ2v) is 8.03. The van der Waals surface area contributed by atoms with E-state index in [2.05, 4.69) is 19.2 Å². The van der Waals surface area contributed by atoms with Gasteiger partial charge in [-0.1, -0.05) is 31.5 Å². The number of carbonyl (C=O) groups is 1. The van der Waals surface area contributed by atoms with Gasteiger partial charge in [-0.05, 0) is 50.3 Å². The first kappa shape index (κ1) is 17.1. The summed E-state index contributed by atoms with van der Waals surface area (Å²) in [6.45, 7) is 9.74. The van der Waals surface area contributed by atoms with Crippen molar-refractivity contribution in [1.82, 2.24) is 0 Å². The fourth-order valence-electron chi connectivity index (χ4n) is 2.90. The van der Waals surface area contributed by atoms with Crippen LogP contribution in [0.25, 0.3) is 0 Å². The van der Waals surface area contributed by atoms with E-state index in [4.69, 9.17) is 16.3 Å². The number of aliphatic hydroxyl groups is 1. The summed E-state index contributed by atoms with van der Waals surface area (Å²) in [4.78, 5) is 11.9. The number of hydrogen-bond acceptors (Lipinski definition) is 3. The largest absolute Gasteiger partial charge is 0.444 e. The first-order valence-electron chi connectivity index (χ1n) is 7.42. The van der Waals surface area contributed by atoms with E-state index in [-0.39, 0.29) is 17.4 Å². The Kier molecular flexibility index (Phi) is 4.22. The van der Waals surface area contributed by atoms with Crippen LogP contribution in [0.5, 0.6) is 0 Å². The molecule has 0 bridgehead atoms. The van der Waals surface area contributed by atoms with Crippen LogP contribution in [0.15, 0.2) is 18.2 Å². The second kappa shape index (κ2) is 5.43. The summed E-state index contributed by atoms with van der Waals surface area (Å²) in [6, 6.07) is 5.49. The highest BCUT2D eigenvalue weighted by Crippen LogP contribution is 2.64. The number of rotatable bonds is 3. The van der Waals surface area contributed by atoms with Gasteiger partial charge in [-0.3, -0.25) is 5.32 Å². The van der Waals surface area contributed by atoms with E-state index < -0.39 is 11.7 Å². The summed E-state index contributed by atoms with van der Waals surface area (Å²) in [5, 5.41) is 12.9. The molecule has 4 nitrogen and oxygen atoms in total. The first-order chi connectivity index (χ1) is 10.0. The maximum absolute atomic E-state index is 11.9. The minimum atomic E-state index is -0.570. The second-order valence-electron chi connectivity index (χ2n) is 7.62. The standard InChI is InChI=1S/C17H24ClNO3/c1-15(2,3)22-14(21)19-13-8-11(6-7-12(13)18)17(10-20)9-16(17,4)5/h6-8,20H,9-10H2,1-5H3,(H,19,21). The van der Waals surface area contributed by atoms with E-state index in [1.54, 1.807) is 26.8 Å². The summed E-state index contributed by atoms with van der Waals surface area (Å²) in [7, 11) is 0. The lowest BCUT2D eigenvalue weighted by Gasteiger charge is -2.22. The summed E-state index contributed by atoms with van der Waals surface area (Å²) in [5.41, 5.74) is 0.694. The number of aliphatic hydroxyl groups excluding tert-OH is 1. The fourth-order valence-corrected chi connectivity index (χ4v) is 3.06. The number of hydrogen-bond donors (Lipinski definition) is 2. The summed E-state index contributed by atoms with van der Waals surface area (Å²) in [6.07, 6.45) is 0.365. The van der Waals surface area contributed by atoms with Crippen molar-refractivity contribution >= 4 is 23.4 Å². The molecule has 1 aromatic rings. The molecule has 0 saturated heterocycles. The van der Waals surface area contributed by atoms with Crippen LogP contribution in [0.4, 0.5) is 10.5 Å². The molecule has 0 heterocycles. The zero-order valence-corrected chi connectivity index (χ0v) is 14.5. The highest BCUT2D eigenvalue weighted by atomic mass is 35.5. The van der Waals surface area contributed by atoms with Crippen molar-refractivity contribution in [3.63, 3.8) is 0 Å². The third-order valence-corrected chi connectivity index (χ3v) is 4.67. The number of nitrogens with one attached hydrogen (secondary N) is 1. The van der Waals surface area contributed by atoms with Gasteiger partial charge in [0.25, 0.3) is 0 Å². The third kappa shape index (κ3) is 3.23. The highest BCUT2D eigenvalue weighted by Gasteiger charge is 2.61. The average Bonchev–Trinajstić information content (AvgIpc) is 2.93. The molecule has 22 heavy (non-hydrogen) atoms. The average molecular weight is 326 g/mol. The quantitative estimate of drug-likeness (QED) is 0.868. The van der Waals surface area contributed by atoms with Gasteiger partial charge in [0.1, 0.15) is 5.60 Å². The molecular weight excluding hydrogens is 302 g/mol. The van der Waals surface area contributed by atoms with Crippen LogP contribution >= 0.6 is 11.6 Å². The molecule has 1 fully saturated rings. The predicted octanol–water partition coefficient (Wildman–Crippen LogP) is 4.35. The summed E-state index contributed by atoms with van der Waals surface area (Å²) >= 11 is 6.16. The molecule has 1 atom stereocenters. The lowest BCUT2D eigenvalue weighted by Crippen LogP contribution is -2.27. The number of carbonyl (C=O) groups excluding carboxylic acids is 1. The highest BCUT2D eigenvalue weighted by molar-refractivity contribution is 6.33. The smallest absolute Gasteiger partial charge is 0.412 e. The lowest BCUT2D eigenvalue weighted by molar-refractivity contribution is 0.0636. The molecule has 1 amide bonds. The monoisotopic (exact) mass is 325 g/mol. The zero-order valence-electron chi connectivity index (χ0n) is 13.8. The van der Waals surface area contributed by atoms with Gasteiger partial charge in [0.05, 0.1) is 17.3 Å². The minimum absolute atomic E-state index is 0.0404. The van der Waals surface area contributed by atoms with Crippen LogP contribution in [0.3, 0.4) is 0 Å². The zero-order chi connectivity index (χ0) is 16.8. The normalized spacial score (nSPS) is 23.0. The number of anilines is 1. The maximum atomic E-state index is 11.9. The molecule has 5 heteroatoms. The Hall–Kier alpha value is -1.26. The summed E-state index contributed by atoms with van der Waals surface area (Å²) < 4.78 is 5.25. The van der Waals surface area contributed by atoms with Gasteiger partial charge in [0.15, 0.2) is 0 Å². The minimum Gasteiger partial charge on any atom is -0.444 e. The Morgan fingerprint density at radius 2 is 2.00 bits per heavy atom. The van der Waals surface area contributed by atoms with Gasteiger partial charge < -0.3 is 9.84 Å². The van der Waals surface area contributed by atoms with E-state index in [0.717, 1.165) is 12.0 Å². The van der Waals surface area contributed by atoms with Crippen LogP contribution in [0, 0.1) is 5.41 Å². The molecule has 0 aromatic heterocycles. The van der Waals surface area contributed by atoms with Crippen molar-refractivity contribution in [1.29, 1.82) is 0 Å². The topological polar surface area (TPSA) is 58.6 Å². The van der Waals surface area contributed by atoms with Crippen molar-refractivity contribution in [2.24, 2.45) is 5.41 Å². The van der Waals surface area contributed by atoms with E-state index in [9.17, 15) is 9.90 Å². The molecule has 1 unspecified atom stereocenters. The van der Waals surface area contributed by atoms with Crippen molar-refractivity contribution in [3.05, 3.63) is 28.8 Å². The molecule has 0 spiro atoms. The number of benzene rings is 1. The van der Waals surface area contributed by atoms with Gasteiger partial charge in [0, 0.05) is 5.41 Å². The molecular formula is C17H24ClNO3. The van der Waals surface area contributed by atoms with Crippen molar-refractivity contribution in [2.75, 3.05) is 11.9 Å². The van der Waals surface area contributed by atoms with E-state index in [0.29, 0.717) is 10.7 Å². The van der Waals surface area contributed by atoms with Crippen molar-refractivity contribution in [3.8, 4) is 0 Å². The lowest BCUT2D eigenvalue weighted by atomic mass is 9.88. The van der Waals surface area contributed by atoms with Crippen LogP contribution < -0.4 is 5.32 Å². The number of halogens is 1.